The Kier molecular flexibility index (Phi) is 6.58. The van der Waals surface area contributed by atoms with E-state index in [1.165, 1.54) is 22.3 Å². The monoisotopic (exact) mass is 268 g/mol. The molecule has 1 nitrogen and oxygen atoms in total. The number of aryl methyl sites for hydroxylation is 1. The zero-order valence-corrected chi connectivity index (χ0v) is 12.5. The number of rotatable bonds is 9. The molecule has 0 spiro atoms. The second-order valence-corrected chi connectivity index (χ2v) is 4.72. The van der Waals surface area contributed by atoms with Crippen molar-refractivity contribution in [2.75, 3.05) is 6.61 Å². The van der Waals surface area contributed by atoms with Gasteiger partial charge in [-0.25, -0.2) is 0 Å². The van der Waals surface area contributed by atoms with Gasteiger partial charge in [-0.1, -0.05) is 36.9 Å². The summed E-state index contributed by atoms with van der Waals surface area (Å²) in [5, 5.41) is 0. The molecule has 0 unspecified atom stereocenters. The van der Waals surface area contributed by atoms with Crippen LogP contribution in [-0.4, -0.2) is 6.61 Å². The molecule has 0 aliphatic heterocycles. The lowest BCUT2D eigenvalue weighted by Gasteiger charge is -2.19. The smallest absolute Gasteiger partial charge is 0.127 e. The van der Waals surface area contributed by atoms with E-state index in [0.29, 0.717) is 6.61 Å². The summed E-state index contributed by atoms with van der Waals surface area (Å²) in [5.41, 5.74) is 4.93. The van der Waals surface area contributed by atoms with Crippen LogP contribution in [0.4, 0.5) is 0 Å². The fourth-order valence-electron chi connectivity index (χ4n) is 2.40. The van der Waals surface area contributed by atoms with Gasteiger partial charge in [0.2, 0.25) is 0 Å². The molecule has 0 N–H and O–H groups in total. The molecule has 1 aromatic carbocycles. The molecule has 0 amide bonds. The maximum atomic E-state index is 5.92. The van der Waals surface area contributed by atoms with Gasteiger partial charge in [0.25, 0.3) is 0 Å². The molecule has 1 heteroatoms. The first-order valence-electron chi connectivity index (χ1n) is 6.90. The first-order chi connectivity index (χ1) is 9.69. The Labute approximate surface area is 123 Å². The summed E-state index contributed by atoms with van der Waals surface area (Å²) in [5.74, 6) is 0.951. The lowest BCUT2D eigenvalue weighted by molar-refractivity contribution is 0.356. The highest BCUT2D eigenvalue weighted by atomic mass is 16.5. The minimum atomic E-state index is 0.505. The van der Waals surface area contributed by atoms with Crippen LogP contribution in [-0.2, 0) is 19.3 Å². The van der Waals surface area contributed by atoms with E-state index in [4.69, 9.17) is 4.74 Å². The molecule has 0 saturated carbocycles. The molecule has 0 saturated heterocycles. The lowest BCUT2D eigenvalue weighted by atomic mass is 9.91. The maximum Gasteiger partial charge on any atom is 0.127 e. The normalized spacial score (nSPS) is 9.85. The van der Waals surface area contributed by atoms with Crippen molar-refractivity contribution < 1.29 is 4.74 Å². The van der Waals surface area contributed by atoms with E-state index in [0.717, 1.165) is 25.0 Å². The summed E-state index contributed by atoms with van der Waals surface area (Å²) in [7, 11) is 0. The first-order valence-corrected chi connectivity index (χ1v) is 6.90. The molecule has 1 rings (SSSR count). The van der Waals surface area contributed by atoms with Crippen LogP contribution in [0.5, 0.6) is 5.75 Å². The zero-order valence-electron chi connectivity index (χ0n) is 12.5. The minimum Gasteiger partial charge on any atom is -0.489 e. The lowest BCUT2D eigenvalue weighted by Crippen LogP contribution is -2.06. The van der Waals surface area contributed by atoms with Crippen molar-refractivity contribution in [3.8, 4) is 5.75 Å². The standard InChI is InChI=1S/C19H24O/c1-6-10-16-14-15(5)17(11-7-2)18(12-8-3)19(16)20-13-9-4/h6-9,14H,1-4,10-13H2,5H3. The Bertz CT molecular complexity index is 509. The second kappa shape index (κ2) is 8.21. The van der Waals surface area contributed by atoms with Crippen LogP contribution in [0, 0.1) is 6.92 Å². The van der Waals surface area contributed by atoms with E-state index in [1.807, 2.05) is 18.2 Å². The Balaban J connectivity index is 3.46. The van der Waals surface area contributed by atoms with E-state index in [-0.39, 0.29) is 0 Å². The largest absolute Gasteiger partial charge is 0.489 e. The fourth-order valence-corrected chi connectivity index (χ4v) is 2.40. The SMILES string of the molecule is C=CCOc1c(CC=C)cc(C)c(CC=C)c1CC=C. The van der Waals surface area contributed by atoms with Crippen LogP contribution in [0.15, 0.2) is 56.7 Å². The summed E-state index contributed by atoms with van der Waals surface area (Å²) in [4.78, 5) is 0. The van der Waals surface area contributed by atoms with E-state index in [2.05, 4.69) is 39.3 Å². The number of ether oxygens (including phenoxy) is 1. The molecule has 0 radical (unpaired) electrons. The minimum absolute atomic E-state index is 0.505. The third-order valence-electron chi connectivity index (χ3n) is 3.20. The third-order valence-corrected chi connectivity index (χ3v) is 3.20. The van der Waals surface area contributed by atoms with Gasteiger partial charge in [0.05, 0.1) is 0 Å². The molecule has 20 heavy (non-hydrogen) atoms. The molecule has 0 bridgehead atoms. The highest BCUT2D eigenvalue weighted by molar-refractivity contribution is 5.52. The second-order valence-electron chi connectivity index (χ2n) is 4.72. The van der Waals surface area contributed by atoms with Gasteiger partial charge in [-0.15, -0.1) is 19.7 Å². The number of allylic oxidation sites excluding steroid dienone is 3. The highest BCUT2D eigenvalue weighted by Gasteiger charge is 2.15. The van der Waals surface area contributed by atoms with Crippen molar-refractivity contribution >= 4 is 0 Å². The molecule has 0 atom stereocenters. The van der Waals surface area contributed by atoms with Gasteiger partial charge in [-0.2, -0.15) is 0 Å². The third kappa shape index (κ3) is 3.74. The average molecular weight is 268 g/mol. The molecule has 0 aliphatic carbocycles. The molecular weight excluding hydrogens is 244 g/mol. The summed E-state index contributed by atoms with van der Waals surface area (Å²) in [6, 6.07) is 2.19. The Hall–Kier alpha value is -2.02. The molecule has 0 aliphatic rings. The van der Waals surface area contributed by atoms with Crippen molar-refractivity contribution in [1.29, 1.82) is 0 Å². The Morgan fingerprint density at radius 1 is 0.900 bits per heavy atom. The number of benzene rings is 1. The van der Waals surface area contributed by atoms with Crippen molar-refractivity contribution in [3.05, 3.63) is 78.9 Å². The van der Waals surface area contributed by atoms with Crippen molar-refractivity contribution in [2.24, 2.45) is 0 Å². The van der Waals surface area contributed by atoms with Gasteiger partial charge in [0.15, 0.2) is 0 Å². The topological polar surface area (TPSA) is 9.23 Å². The molecular formula is C19H24O. The average Bonchev–Trinajstić information content (AvgIpc) is 2.43. The predicted molar refractivity (Wildman–Crippen MR) is 88.6 cm³/mol. The molecule has 0 fully saturated rings. The van der Waals surface area contributed by atoms with Gasteiger partial charge in [0.1, 0.15) is 12.4 Å². The van der Waals surface area contributed by atoms with E-state index >= 15 is 0 Å². The van der Waals surface area contributed by atoms with Crippen LogP contribution in [0.2, 0.25) is 0 Å². The fraction of sp³-hybridized carbons (Fsp3) is 0.263. The Morgan fingerprint density at radius 2 is 1.50 bits per heavy atom. The van der Waals surface area contributed by atoms with Gasteiger partial charge in [0, 0.05) is 5.56 Å². The molecule has 0 aromatic heterocycles. The quantitative estimate of drug-likeness (QED) is 0.587. The first kappa shape index (κ1) is 16.0. The van der Waals surface area contributed by atoms with E-state index in [9.17, 15) is 0 Å². The number of hydrogen-bond acceptors (Lipinski definition) is 1. The van der Waals surface area contributed by atoms with Crippen molar-refractivity contribution in [3.63, 3.8) is 0 Å². The highest BCUT2D eigenvalue weighted by Crippen LogP contribution is 2.32. The van der Waals surface area contributed by atoms with Crippen LogP contribution in [0.25, 0.3) is 0 Å². The molecule has 106 valence electrons. The zero-order chi connectivity index (χ0) is 15.0. The molecule has 0 heterocycles. The van der Waals surface area contributed by atoms with Gasteiger partial charge in [-0.3, -0.25) is 0 Å². The van der Waals surface area contributed by atoms with E-state index < -0.39 is 0 Å². The van der Waals surface area contributed by atoms with Crippen LogP contribution in [0.3, 0.4) is 0 Å². The summed E-state index contributed by atoms with van der Waals surface area (Å²) in [6.45, 7) is 17.9. The van der Waals surface area contributed by atoms with Gasteiger partial charge >= 0.3 is 0 Å². The maximum absolute atomic E-state index is 5.92. The van der Waals surface area contributed by atoms with Gasteiger partial charge < -0.3 is 4.74 Å². The Morgan fingerprint density at radius 3 is 2.05 bits per heavy atom. The predicted octanol–water partition coefficient (Wildman–Crippen LogP) is 4.75. The summed E-state index contributed by atoms with van der Waals surface area (Å²) >= 11 is 0. The van der Waals surface area contributed by atoms with Crippen LogP contribution >= 0.6 is 0 Å². The van der Waals surface area contributed by atoms with Crippen LogP contribution in [0.1, 0.15) is 22.3 Å². The molecule has 1 aromatic rings. The van der Waals surface area contributed by atoms with Crippen molar-refractivity contribution in [1.82, 2.24) is 0 Å². The van der Waals surface area contributed by atoms with Crippen molar-refractivity contribution in [2.45, 2.75) is 26.2 Å². The van der Waals surface area contributed by atoms with Crippen LogP contribution < -0.4 is 4.74 Å². The van der Waals surface area contributed by atoms with E-state index in [1.54, 1.807) is 6.08 Å². The summed E-state index contributed by atoms with van der Waals surface area (Å²) < 4.78 is 5.92. The van der Waals surface area contributed by atoms with Gasteiger partial charge in [-0.05, 0) is 42.9 Å². The number of hydrogen-bond donors (Lipinski definition) is 0. The summed E-state index contributed by atoms with van der Waals surface area (Å²) in [6.07, 6.45) is 9.95.